The van der Waals surface area contributed by atoms with Crippen molar-refractivity contribution in [2.24, 2.45) is 5.92 Å². The van der Waals surface area contributed by atoms with Gasteiger partial charge in [-0.2, -0.15) is 0 Å². The van der Waals surface area contributed by atoms with Crippen LogP contribution >= 0.6 is 0 Å². The molecule has 1 aliphatic heterocycles. The molecule has 1 atom stereocenters. The summed E-state index contributed by atoms with van der Waals surface area (Å²) in [5, 5.41) is 3.53. The third kappa shape index (κ3) is 4.46. The molecule has 1 unspecified atom stereocenters. The Labute approximate surface area is 133 Å². The van der Waals surface area contributed by atoms with Crippen molar-refractivity contribution in [3.05, 3.63) is 59.5 Å². The Balaban J connectivity index is 1.34. The minimum atomic E-state index is 0.770. The van der Waals surface area contributed by atoms with E-state index < -0.39 is 0 Å². The van der Waals surface area contributed by atoms with Gasteiger partial charge >= 0.3 is 0 Å². The molecule has 1 aliphatic rings. The number of likely N-dealkylation sites (tertiary alicyclic amines) is 1. The van der Waals surface area contributed by atoms with Crippen molar-refractivity contribution < 1.29 is 4.42 Å². The smallest absolute Gasteiger partial charge is 0.117 e. The third-order valence-corrected chi connectivity index (χ3v) is 4.46. The monoisotopic (exact) mass is 298 g/mol. The molecule has 3 rings (SSSR count). The van der Waals surface area contributed by atoms with Crippen molar-refractivity contribution >= 4 is 0 Å². The van der Waals surface area contributed by atoms with Crippen LogP contribution in [0.4, 0.5) is 0 Å². The topological polar surface area (TPSA) is 28.4 Å². The normalized spacial score (nSPS) is 18.9. The van der Waals surface area contributed by atoms with Crippen LogP contribution in [0, 0.1) is 12.8 Å². The maximum Gasteiger partial charge on any atom is 0.117 e. The summed E-state index contributed by atoms with van der Waals surface area (Å²) in [6, 6.07) is 14.9. The molecule has 0 amide bonds. The van der Waals surface area contributed by atoms with Gasteiger partial charge in [-0.1, -0.05) is 30.3 Å². The molecule has 3 nitrogen and oxygen atoms in total. The van der Waals surface area contributed by atoms with E-state index in [1.165, 1.54) is 31.6 Å². The summed E-state index contributed by atoms with van der Waals surface area (Å²) >= 11 is 0. The summed E-state index contributed by atoms with van der Waals surface area (Å²) in [6.45, 7) is 7.55. The van der Waals surface area contributed by atoms with Crippen molar-refractivity contribution in [1.29, 1.82) is 0 Å². The molecular weight excluding hydrogens is 272 g/mol. The Bertz CT molecular complexity index is 564. The second-order valence-electron chi connectivity index (χ2n) is 6.33. The van der Waals surface area contributed by atoms with Crippen LogP contribution in [0.25, 0.3) is 0 Å². The molecule has 0 saturated carbocycles. The molecular formula is C19H26N2O. The number of nitrogens with zero attached hydrogens (tertiary/aromatic N) is 1. The average Bonchev–Trinajstić information content (AvgIpc) is 3.16. The predicted octanol–water partition coefficient (Wildman–Crippen LogP) is 3.24. The van der Waals surface area contributed by atoms with Gasteiger partial charge in [-0.25, -0.2) is 0 Å². The van der Waals surface area contributed by atoms with Crippen molar-refractivity contribution in [3.8, 4) is 0 Å². The number of furan rings is 1. The molecule has 1 aromatic carbocycles. The van der Waals surface area contributed by atoms with Gasteiger partial charge in [0.15, 0.2) is 0 Å². The number of rotatable bonds is 7. The van der Waals surface area contributed by atoms with E-state index >= 15 is 0 Å². The molecule has 1 saturated heterocycles. The first-order valence-electron chi connectivity index (χ1n) is 8.32. The Kier molecular flexibility index (Phi) is 5.30. The van der Waals surface area contributed by atoms with Gasteiger partial charge < -0.3 is 14.6 Å². The molecule has 2 aromatic rings. The highest BCUT2D eigenvalue weighted by atomic mass is 16.3. The van der Waals surface area contributed by atoms with Gasteiger partial charge in [0.1, 0.15) is 11.5 Å². The summed E-state index contributed by atoms with van der Waals surface area (Å²) in [5.74, 6) is 2.80. The van der Waals surface area contributed by atoms with E-state index in [1.54, 1.807) is 0 Å². The molecule has 0 radical (unpaired) electrons. The zero-order valence-corrected chi connectivity index (χ0v) is 13.4. The minimum Gasteiger partial charge on any atom is -0.465 e. The average molecular weight is 298 g/mol. The van der Waals surface area contributed by atoms with Gasteiger partial charge in [0.25, 0.3) is 0 Å². The zero-order valence-electron chi connectivity index (χ0n) is 13.4. The number of aryl methyl sites for hydroxylation is 1. The van der Waals surface area contributed by atoms with Crippen LogP contribution in [0.2, 0.25) is 0 Å². The largest absolute Gasteiger partial charge is 0.465 e. The first-order chi connectivity index (χ1) is 10.8. The van der Waals surface area contributed by atoms with Crippen molar-refractivity contribution in [2.45, 2.75) is 26.3 Å². The van der Waals surface area contributed by atoms with Gasteiger partial charge in [0, 0.05) is 13.1 Å². The predicted molar refractivity (Wildman–Crippen MR) is 89.8 cm³/mol. The quantitative estimate of drug-likeness (QED) is 0.850. The van der Waals surface area contributed by atoms with E-state index in [9.17, 15) is 0 Å². The first kappa shape index (κ1) is 15.3. The maximum absolute atomic E-state index is 5.58. The molecule has 22 heavy (non-hydrogen) atoms. The van der Waals surface area contributed by atoms with Crippen LogP contribution in [0.15, 0.2) is 46.9 Å². The Morgan fingerprint density at radius 2 is 2.05 bits per heavy atom. The lowest BCUT2D eigenvalue weighted by Gasteiger charge is -2.16. The van der Waals surface area contributed by atoms with E-state index in [0.717, 1.165) is 36.9 Å². The molecule has 118 valence electrons. The Morgan fingerprint density at radius 1 is 1.18 bits per heavy atom. The van der Waals surface area contributed by atoms with Crippen molar-refractivity contribution in [3.63, 3.8) is 0 Å². The highest BCUT2D eigenvalue weighted by Gasteiger charge is 2.21. The number of hydrogen-bond acceptors (Lipinski definition) is 3. The molecule has 0 aliphatic carbocycles. The van der Waals surface area contributed by atoms with Gasteiger partial charge in [0.2, 0.25) is 0 Å². The first-order valence-corrected chi connectivity index (χ1v) is 8.32. The van der Waals surface area contributed by atoms with E-state index in [4.69, 9.17) is 4.42 Å². The van der Waals surface area contributed by atoms with E-state index in [2.05, 4.69) is 46.6 Å². The van der Waals surface area contributed by atoms with Gasteiger partial charge in [0.05, 0.1) is 6.54 Å². The fraction of sp³-hybridized carbons (Fsp3) is 0.474. The number of hydrogen-bond donors (Lipinski definition) is 1. The fourth-order valence-electron chi connectivity index (χ4n) is 3.19. The second-order valence-corrected chi connectivity index (χ2v) is 6.33. The van der Waals surface area contributed by atoms with Crippen LogP contribution in [-0.2, 0) is 13.0 Å². The van der Waals surface area contributed by atoms with Crippen molar-refractivity contribution in [2.75, 3.05) is 26.2 Å². The standard InChI is InChI=1S/C19H26N2O/c1-16-7-8-19(22-16)14-20-13-18-10-12-21(15-18)11-9-17-5-3-2-4-6-17/h2-8,18,20H,9-15H2,1H3. The van der Waals surface area contributed by atoms with Gasteiger partial charge in [-0.3, -0.25) is 0 Å². The van der Waals surface area contributed by atoms with Crippen molar-refractivity contribution in [1.82, 2.24) is 10.2 Å². The highest BCUT2D eigenvalue weighted by molar-refractivity contribution is 5.14. The summed E-state index contributed by atoms with van der Waals surface area (Å²) in [7, 11) is 0. The second kappa shape index (κ2) is 7.61. The van der Waals surface area contributed by atoms with Gasteiger partial charge in [-0.05, 0) is 56.5 Å². The molecule has 1 aromatic heterocycles. The lowest BCUT2D eigenvalue weighted by molar-refractivity contribution is 0.324. The molecule has 0 spiro atoms. The van der Waals surface area contributed by atoms with E-state index in [1.807, 2.05) is 13.0 Å². The number of nitrogens with one attached hydrogen (secondary N) is 1. The molecule has 2 heterocycles. The van der Waals surface area contributed by atoms with Crippen LogP contribution in [0.1, 0.15) is 23.5 Å². The molecule has 1 N–H and O–H groups in total. The van der Waals surface area contributed by atoms with E-state index in [-0.39, 0.29) is 0 Å². The lowest BCUT2D eigenvalue weighted by Crippen LogP contribution is -2.27. The minimum absolute atomic E-state index is 0.770. The van der Waals surface area contributed by atoms with E-state index in [0.29, 0.717) is 0 Å². The lowest BCUT2D eigenvalue weighted by atomic mass is 10.1. The summed E-state index contributed by atoms with van der Waals surface area (Å²) in [5.41, 5.74) is 1.44. The molecule has 0 bridgehead atoms. The summed E-state index contributed by atoms with van der Waals surface area (Å²) in [6.07, 6.45) is 2.46. The Morgan fingerprint density at radius 3 is 2.82 bits per heavy atom. The van der Waals surface area contributed by atoms with Gasteiger partial charge in [-0.15, -0.1) is 0 Å². The Hall–Kier alpha value is -1.58. The van der Waals surface area contributed by atoms with Crippen LogP contribution in [-0.4, -0.2) is 31.1 Å². The maximum atomic E-state index is 5.58. The SMILES string of the molecule is Cc1ccc(CNCC2CCN(CCc3ccccc3)C2)o1. The summed E-state index contributed by atoms with van der Waals surface area (Å²) < 4.78 is 5.58. The highest BCUT2D eigenvalue weighted by Crippen LogP contribution is 2.16. The van der Waals surface area contributed by atoms with Crippen LogP contribution in [0.5, 0.6) is 0 Å². The zero-order chi connectivity index (χ0) is 15.2. The summed E-state index contributed by atoms with van der Waals surface area (Å²) in [4.78, 5) is 2.59. The van der Waals surface area contributed by atoms with Crippen LogP contribution < -0.4 is 5.32 Å². The number of benzene rings is 1. The molecule has 3 heteroatoms. The molecule has 1 fully saturated rings. The third-order valence-electron chi connectivity index (χ3n) is 4.46. The van der Waals surface area contributed by atoms with Crippen LogP contribution in [0.3, 0.4) is 0 Å². The fourth-order valence-corrected chi connectivity index (χ4v) is 3.19.